The molecule has 0 bridgehead atoms. The Morgan fingerprint density at radius 2 is 1.78 bits per heavy atom. The molecule has 1 aliphatic carbocycles. The largest absolute Gasteiger partial charge is 0.328 e. The highest BCUT2D eigenvalue weighted by Gasteiger charge is 2.17. The van der Waals surface area contributed by atoms with Gasteiger partial charge in [-0.1, -0.05) is 23.7 Å². The number of hydrogen-bond acceptors (Lipinski definition) is 2. The van der Waals surface area contributed by atoms with Crippen molar-refractivity contribution in [2.45, 2.75) is 38.1 Å². The second kappa shape index (κ2) is 7.13. The fraction of sp³-hybridized carbons (Fsp3) is 0.600. The van der Waals surface area contributed by atoms with E-state index in [9.17, 15) is 0 Å². The second-order valence-electron chi connectivity index (χ2n) is 5.36. The molecular weight excluding hydrogens is 244 g/mol. The predicted octanol–water partition coefficient (Wildman–Crippen LogP) is 2.99. The van der Waals surface area contributed by atoms with Crippen LogP contribution in [0.4, 0.5) is 0 Å². The van der Waals surface area contributed by atoms with Gasteiger partial charge in [0, 0.05) is 11.1 Å². The predicted molar refractivity (Wildman–Crippen MR) is 78.0 cm³/mol. The van der Waals surface area contributed by atoms with Crippen molar-refractivity contribution in [3.05, 3.63) is 34.9 Å². The summed E-state index contributed by atoms with van der Waals surface area (Å²) in [5.74, 6) is 0.829. The second-order valence-corrected chi connectivity index (χ2v) is 5.80. The molecule has 100 valence electrons. The SMILES string of the molecule is NC1CCC(CNCCc2ccc(Cl)cc2)CC1. The van der Waals surface area contributed by atoms with Crippen molar-refractivity contribution < 1.29 is 0 Å². The molecule has 0 unspecified atom stereocenters. The van der Waals surface area contributed by atoms with E-state index in [1.54, 1.807) is 0 Å². The minimum atomic E-state index is 0.454. The first-order valence-corrected chi connectivity index (χ1v) is 7.32. The van der Waals surface area contributed by atoms with Gasteiger partial charge in [-0.15, -0.1) is 0 Å². The average molecular weight is 267 g/mol. The Morgan fingerprint density at radius 1 is 1.11 bits per heavy atom. The summed E-state index contributed by atoms with van der Waals surface area (Å²) in [5.41, 5.74) is 7.25. The third-order valence-electron chi connectivity index (χ3n) is 3.83. The van der Waals surface area contributed by atoms with Crippen LogP contribution in [0.3, 0.4) is 0 Å². The van der Waals surface area contributed by atoms with Crippen molar-refractivity contribution in [1.82, 2.24) is 5.32 Å². The summed E-state index contributed by atoms with van der Waals surface area (Å²) < 4.78 is 0. The zero-order valence-corrected chi connectivity index (χ0v) is 11.6. The van der Waals surface area contributed by atoms with Gasteiger partial charge in [0.15, 0.2) is 0 Å². The number of nitrogens with one attached hydrogen (secondary N) is 1. The summed E-state index contributed by atoms with van der Waals surface area (Å²) in [7, 11) is 0. The van der Waals surface area contributed by atoms with Gasteiger partial charge in [0.25, 0.3) is 0 Å². The highest BCUT2D eigenvalue weighted by atomic mass is 35.5. The molecule has 3 N–H and O–H groups in total. The molecule has 1 saturated carbocycles. The van der Waals surface area contributed by atoms with Crippen LogP contribution in [0.15, 0.2) is 24.3 Å². The lowest BCUT2D eigenvalue weighted by molar-refractivity contribution is 0.315. The van der Waals surface area contributed by atoms with Crippen LogP contribution in [0.25, 0.3) is 0 Å². The summed E-state index contributed by atoms with van der Waals surface area (Å²) >= 11 is 5.86. The van der Waals surface area contributed by atoms with E-state index in [2.05, 4.69) is 17.4 Å². The number of rotatable bonds is 5. The first-order valence-electron chi connectivity index (χ1n) is 6.95. The van der Waals surface area contributed by atoms with Gasteiger partial charge in [-0.3, -0.25) is 0 Å². The number of hydrogen-bond donors (Lipinski definition) is 2. The first kappa shape index (κ1) is 13.9. The van der Waals surface area contributed by atoms with Gasteiger partial charge in [0.2, 0.25) is 0 Å². The molecule has 0 aliphatic heterocycles. The van der Waals surface area contributed by atoms with Crippen LogP contribution in [-0.2, 0) is 6.42 Å². The van der Waals surface area contributed by atoms with Crippen LogP contribution in [0.5, 0.6) is 0 Å². The van der Waals surface area contributed by atoms with Crippen LogP contribution in [-0.4, -0.2) is 19.1 Å². The molecule has 1 aromatic rings. The van der Waals surface area contributed by atoms with E-state index in [1.165, 1.54) is 31.2 Å². The summed E-state index contributed by atoms with van der Waals surface area (Å²) in [5, 5.41) is 4.37. The molecule has 1 aromatic carbocycles. The van der Waals surface area contributed by atoms with Crippen LogP contribution in [0.2, 0.25) is 5.02 Å². The van der Waals surface area contributed by atoms with Crippen molar-refractivity contribution in [1.29, 1.82) is 0 Å². The van der Waals surface area contributed by atoms with E-state index in [0.717, 1.165) is 30.5 Å². The molecule has 0 amide bonds. The lowest BCUT2D eigenvalue weighted by Crippen LogP contribution is -2.32. The molecule has 0 heterocycles. The van der Waals surface area contributed by atoms with Gasteiger partial charge in [0.1, 0.15) is 0 Å². The number of halogens is 1. The normalized spacial score (nSPS) is 24.1. The highest BCUT2D eigenvalue weighted by Crippen LogP contribution is 2.22. The lowest BCUT2D eigenvalue weighted by Gasteiger charge is -2.26. The Bertz CT molecular complexity index is 342. The molecule has 2 rings (SSSR count). The molecule has 1 aliphatic rings. The molecule has 0 spiro atoms. The van der Waals surface area contributed by atoms with E-state index in [0.29, 0.717) is 6.04 Å². The Hall–Kier alpha value is -0.570. The van der Waals surface area contributed by atoms with Crippen molar-refractivity contribution in [3.8, 4) is 0 Å². The fourth-order valence-electron chi connectivity index (χ4n) is 2.58. The minimum Gasteiger partial charge on any atom is -0.328 e. The highest BCUT2D eigenvalue weighted by molar-refractivity contribution is 6.30. The zero-order chi connectivity index (χ0) is 12.8. The molecule has 1 fully saturated rings. The standard InChI is InChI=1S/C15H23ClN2/c16-14-5-1-12(2-6-14)9-10-18-11-13-3-7-15(17)8-4-13/h1-2,5-6,13,15,18H,3-4,7-11,17H2. The Kier molecular flexibility index (Phi) is 5.48. The molecule has 3 heteroatoms. The van der Waals surface area contributed by atoms with E-state index in [-0.39, 0.29) is 0 Å². The van der Waals surface area contributed by atoms with Gasteiger partial charge in [-0.2, -0.15) is 0 Å². The van der Waals surface area contributed by atoms with Gasteiger partial charge >= 0.3 is 0 Å². The van der Waals surface area contributed by atoms with Gasteiger partial charge in [0.05, 0.1) is 0 Å². The Balaban J connectivity index is 1.60. The molecule has 2 nitrogen and oxygen atoms in total. The maximum Gasteiger partial charge on any atom is 0.0406 e. The fourth-order valence-corrected chi connectivity index (χ4v) is 2.71. The van der Waals surface area contributed by atoms with Crippen LogP contribution >= 0.6 is 11.6 Å². The van der Waals surface area contributed by atoms with Crippen LogP contribution in [0.1, 0.15) is 31.2 Å². The molecular formula is C15H23ClN2. The molecule has 18 heavy (non-hydrogen) atoms. The molecule has 0 aromatic heterocycles. The van der Waals surface area contributed by atoms with Crippen LogP contribution < -0.4 is 11.1 Å². The Morgan fingerprint density at radius 3 is 2.44 bits per heavy atom. The van der Waals surface area contributed by atoms with E-state index >= 15 is 0 Å². The monoisotopic (exact) mass is 266 g/mol. The number of nitrogens with two attached hydrogens (primary N) is 1. The van der Waals surface area contributed by atoms with E-state index < -0.39 is 0 Å². The summed E-state index contributed by atoms with van der Waals surface area (Å²) in [4.78, 5) is 0. The maximum absolute atomic E-state index is 5.91. The lowest BCUT2D eigenvalue weighted by atomic mass is 9.86. The topological polar surface area (TPSA) is 38.0 Å². The third-order valence-corrected chi connectivity index (χ3v) is 4.08. The van der Waals surface area contributed by atoms with Crippen LogP contribution in [0, 0.1) is 5.92 Å². The quantitative estimate of drug-likeness (QED) is 0.804. The molecule has 0 saturated heterocycles. The van der Waals surface area contributed by atoms with E-state index in [4.69, 9.17) is 17.3 Å². The Labute approximate surface area is 115 Å². The maximum atomic E-state index is 5.91. The number of benzene rings is 1. The molecule has 0 radical (unpaired) electrons. The van der Waals surface area contributed by atoms with Crippen molar-refractivity contribution in [3.63, 3.8) is 0 Å². The van der Waals surface area contributed by atoms with Gasteiger partial charge in [-0.05, 0) is 68.8 Å². The smallest absolute Gasteiger partial charge is 0.0406 e. The van der Waals surface area contributed by atoms with Gasteiger partial charge < -0.3 is 11.1 Å². The third kappa shape index (κ3) is 4.60. The van der Waals surface area contributed by atoms with Crippen molar-refractivity contribution in [2.24, 2.45) is 11.7 Å². The van der Waals surface area contributed by atoms with Crippen molar-refractivity contribution in [2.75, 3.05) is 13.1 Å². The average Bonchev–Trinajstić information content (AvgIpc) is 2.39. The van der Waals surface area contributed by atoms with E-state index in [1.807, 2.05) is 12.1 Å². The minimum absolute atomic E-state index is 0.454. The van der Waals surface area contributed by atoms with Crippen molar-refractivity contribution >= 4 is 11.6 Å². The summed E-state index contributed by atoms with van der Waals surface area (Å²) in [6, 6.07) is 8.57. The zero-order valence-electron chi connectivity index (χ0n) is 10.9. The first-order chi connectivity index (χ1) is 8.74. The molecule has 0 atom stereocenters. The summed E-state index contributed by atoms with van der Waals surface area (Å²) in [6.45, 7) is 2.19. The summed E-state index contributed by atoms with van der Waals surface area (Å²) in [6.07, 6.45) is 6.04. The van der Waals surface area contributed by atoms with Gasteiger partial charge in [-0.25, -0.2) is 0 Å².